The maximum Gasteiger partial charge on any atom is 0.0809 e. The molecule has 0 aliphatic rings. The fourth-order valence-corrected chi connectivity index (χ4v) is 0. The molecule has 0 atom stereocenters. The van der Waals surface area contributed by atoms with Crippen LogP contribution in [-0.4, -0.2) is 7.05 Å². The topological polar surface area (TPSA) is 12.0 Å². The van der Waals surface area contributed by atoms with Crippen molar-refractivity contribution in [3.8, 4) is 0 Å². The molecule has 0 unspecified atom stereocenters. The molecule has 1 nitrogen and oxygen atoms in total. The molecule has 0 aliphatic heterocycles. The molecule has 0 fully saturated rings. The van der Waals surface area contributed by atoms with Crippen LogP contribution in [0.15, 0.2) is 0 Å². The van der Waals surface area contributed by atoms with Crippen LogP contribution >= 0.6 is 5.62 Å². The molecule has 0 rings (SSSR count). The predicted octanol–water partition coefficient (Wildman–Crippen LogP) is 0.526. The summed E-state index contributed by atoms with van der Waals surface area (Å²) in [6.45, 7) is 0. The molecule has 30 valence electrons. The van der Waals surface area contributed by atoms with E-state index in [1.165, 1.54) is 0 Å². The van der Waals surface area contributed by atoms with Crippen LogP contribution in [0.1, 0.15) is 0 Å². The lowest BCUT2D eigenvalue weighted by Gasteiger charge is -1.70. The summed E-state index contributed by atoms with van der Waals surface area (Å²) in [5.74, 6) is 0. The van der Waals surface area contributed by atoms with E-state index in [1.54, 1.807) is 7.05 Å². The highest BCUT2D eigenvalue weighted by Crippen LogP contribution is 1.87. The molecule has 0 radical (unpaired) electrons. The van der Waals surface area contributed by atoms with Crippen molar-refractivity contribution in [1.29, 1.82) is 0 Å². The Kier molecular flexibility index (Phi) is 3.32. The summed E-state index contributed by atoms with van der Waals surface area (Å²) in [7, 11) is 1.77. The molecule has 0 bridgehead atoms. The Labute approximate surface area is 41.9 Å². The van der Waals surface area contributed by atoms with Gasteiger partial charge in [0.2, 0.25) is 0 Å². The third kappa shape index (κ3) is 4.70. The number of rotatable bonds is 1. The van der Waals surface area contributed by atoms with Gasteiger partial charge in [-0.15, -0.1) is 0 Å². The maximum absolute atomic E-state index is 4.55. The lowest BCUT2D eigenvalue weighted by atomic mass is 11.6. The average molecular weight is 125 g/mol. The molecule has 0 aliphatic carbocycles. The van der Waals surface area contributed by atoms with Crippen LogP contribution in [0.2, 0.25) is 0 Å². The van der Waals surface area contributed by atoms with Crippen LogP contribution in [0.5, 0.6) is 0 Å². The van der Waals surface area contributed by atoms with Gasteiger partial charge in [-0.05, 0) is 30.7 Å². The molecule has 0 aromatic carbocycles. The molecule has 0 saturated heterocycles. The zero-order valence-corrected chi connectivity index (χ0v) is 5.29. The fourth-order valence-electron chi connectivity index (χ4n) is 0. The molecule has 4 heteroatoms. The van der Waals surface area contributed by atoms with E-state index in [4.69, 9.17) is 0 Å². The summed E-state index contributed by atoms with van der Waals surface area (Å²) in [5.41, 5.74) is -0.682. The van der Waals surface area contributed by atoms with E-state index < -0.39 is 5.62 Å². The smallest absolute Gasteiger partial charge is 0.0809 e. The van der Waals surface area contributed by atoms with Gasteiger partial charge in [-0.1, -0.05) is 0 Å². The van der Waals surface area contributed by atoms with Crippen LogP contribution in [0.4, 0.5) is 0 Å². The van der Waals surface area contributed by atoms with Gasteiger partial charge < -0.3 is 0 Å². The van der Waals surface area contributed by atoms with Crippen LogP contribution < -0.4 is 5.09 Å². The van der Waals surface area contributed by atoms with Gasteiger partial charge in [0.1, 0.15) is 0 Å². The number of nitrogens with one attached hydrogen (secondary N) is 1. The van der Waals surface area contributed by atoms with Gasteiger partial charge in [0.15, 0.2) is 0 Å². The predicted molar refractivity (Wildman–Crippen MR) is 30.7 cm³/mol. The first-order valence-corrected chi connectivity index (χ1v) is 4.46. The van der Waals surface area contributed by atoms with Crippen LogP contribution in [0.3, 0.4) is 0 Å². The summed E-state index contributed by atoms with van der Waals surface area (Å²) >= 11 is 9.10. The third-order valence-corrected chi connectivity index (χ3v) is 1.64. The summed E-state index contributed by atoms with van der Waals surface area (Å²) in [6.07, 6.45) is 0. The molecule has 0 aromatic heterocycles. The zero-order chi connectivity index (χ0) is 4.28. The van der Waals surface area contributed by atoms with E-state index in [2.05, 4.69) is 28.7 Å². The van der Waals surface area contributed by atoms with Gasteiger partial charge in [-0.3, -0.25) is 5.09 Å². The minimum absolute atomic E-state index is 0.682. The van der Waals surface area contributed by atoms with E-state index in [0.29, 0.717) is 0 Å². The first-order valence-electron chi connectivity index (χ1n) is 1.09. The van der Waals surface area contributed by atoms with E-state index >= 15 is 0 Å². The zero-order valence-electron chi connectivity index (χ0n) is 2.76. The summed E-state index contributed by atoms with van der Waals surface area (Å²) in [6, 6.07) is 0. The van der Waals surface area contributed by atoms with E-state index in [9.17, 15) is 0 Å². The van der Waals surface area contributed by atoms with Crippen molar-refractivity contribution in [1.82, 2.24) is 5.09 Å². The molecule has 0 aromatic rings. The minimum Gasteiger partial charge on any atom is -0.261 e. The van der Waals surface area contributed by atoms with Gasteiger partial charge in [-0.2, -0.15) is 0 Å². The van der Waals surface area contributed by atoms with E-state index in [-0.39, 0.29) is 0 Å². The average Bonchev–Trinajstić information content (AvgIpc) is 1.38. The monoisotopic (exact) mass is 125 g/mol. The number of hydrogen-bond donors (Lipinski definition) is 1. The molecule has 1 N–H and O–H groups in total. The molecular formula is CH4NPS2. The van der Waals surface area contributed by atoms with Gasteiger partial charge in [0.25, 0.3) is 0 Å². The van der Waals surface area contributed by atoms with Crippen LogP contribution in [0.25, 0.3) is 0 Å². The normalized spacial score (nSPS) is 7.40. The van der Waals surface area contributed by atoms with Gasteiger partial charge >= 0.3 is 0 Å². The molecule has 0 saturated carbocycles. The van der Waals surface area contributed by atoms with Crippen LogP contribution in [0, 0.1) is 0 Å². The van der Waals surface area contributed by atoms with Crippen molar-refractivity contribution in [3.63, 3.8) is 0 Å². The Balaban J connectivity index is 3.23. The highest BCUT2D eigenvalue weighted by atomic mass is 32.7. The maximum atomic E-state index is 4.55. The van der Waals surface area contributed by atoms with Gasteiger partial charge in [0.05, 0.1) is 5.62 Å². The Hall–Kier alpha value is 0.700. The molecule has 0 spiro atoms. The minimum atomic E-state index is -0.682. The Morgan fingerprint density at radius 1 is 1.60 bits per heavy atom. The SMILES string of the molecule is CNP(=S)=S. The molecule has 0 amide bonds. The van der Waals surface area contributed by atoms with Crippen molar-refractivity contribution in [2.24, 2.45) is 0 Å². The lowest BCUT2D eigenvalue weighted by molar-refractivity contribution is 1.30. The number of hydrogen-bond acceptors (Lipinski definition) is 2. The van der Waals surface area contributed by atoms with Gasteiger partial charge in [-0.25, -0.2) is 0 Å². The first kappa shape index (κ1) is 5.70. The highest BCUT2D eigenvalue weighted by molar-refractivity contribution is 8.24. The van der Waals surface area contributed by atoms with Crippen molar-refractivity contribution in [3.05, 3.63) is 0 Å². The second-order valence-electron chi connectivity index (χ2n) is 0.481. The van der Waals surface area contributed by atoms with Gasteiger partial charge in [0, 0.05) is 0 Å². The second kappa shape index (κ2) is 2.91. The summed E-state index contributed by atoms with van der Waals surface area (Å²) in [5, 5.41) is 2.72. The largest absolute Gasteiger partial charge is 0.261 e. The first-order chi connectivity index (χ1) is 2.27. The molecule has 0 heterocycles. The third-order valence-electron chi connectivity index (χ3n) is 0.183. The Morgan fingerprint density at radius 2 is 1.80 bits per heavy atom. The van der Waals surface area contributed by atoms with Crippen molar-refractivity contribution in [2.75, 3.05) is 7.05 Å². The lowest BCUT2D eigenvalue weighted by Crippen LogP contribution is -1.81. The van der Waals surface area contributed by atoms with Crippen molar-refractivity contribution < 1.29 is 0 Å². The van der Waals surface area contributed by atoms with E-state index in [1.807, 2.05) is 0 Å². The second-order valence-corrected chi connectivity index (χ2v) is 4.33. The van der Waals surface area contributed by atoms with Crippen molar-refractivity contribution >= 4 is 29.2 Å². The Bertz CT molecular complexity index is 67.7. The molecular weight excluding hydrogens is 121 g/mol. The highest BCUT2D eigenvalue weighted by Gasteiger charge is 1.56. The van der Waals surface area contributed by atoms with E-state index in [0.717, 1.165) is 0 Å². The summed E-state index contributed by atoms with van der Waals surface area (Å²) in [4.78, 5) is 0. The fraction of sp³-hybridized carbons (Fsp3) is 1.00. The van der Waals surface area contributed by atoms with Crippen LogP contribution in [-0.2, 0) is 23.6 Å². The Morgan fingerprint density at radius 3 is 1.80 bits per heavy atom. The van der Waals surface area contributed by atoms with Crippen molar-refractivity contribution in [2.45, 2.75) is 0 Å². The molecule has 5 heavy (non-hydrogen) atoms. The summed E-state index contributed by atoms with van der Waals surface area (Å²) < 4.78 is 0. The standard InChI is InChI=1S/CH4NPS2/c1-2-3(4)5/h1H3,(H,2,4,5). The quantitative estimate of drug-likeness (QED) is 0.513.